The molecule has 2 N–H and O–H groups in total. The molecule has 0 radical (unpaired) electrons. The van der Waals surface area contributed by atoms with E-state index >= 15 is 0 Å². The molecule has 1 rings (SSSR count). The van der Waals surface area contributed by atoms with Gasteiger partial charge in [0.2, 0.25) is 0 Å². The zero-order chi connectivity index (χ0) is 16.4. The lowest BCUT2D eigenvalue weighted by Gasteiger charge is -2.09. The van der Waals surface area contributed by atoms with E-state index in [-0.39, 0.29) is 0 Å². The molecular formula is C18H28N2O2. The summed E-state index contributed by atoms with van der Waals surface area (Å²) in [5.41, 5.74) is 2.77. The lowest BCUT2D eigenvalue weighted by molar-refractivity contribution is -0.136. The number of anilines is 1. The first kappa shape index (κ1) is 18.2. The Morgan fingerprint density at radius 1 is 0.955 bits per heavy atom. The highest BCUT2D eigenvalue weighted by Crippen LogP contribution is 2.15. The van der Waals surface area contributed by atoms with Crippen LogP contribution in [0.25, 0.3) is 0 Å². The van der Waals surface area contributed by atoms with Crippen LogP contribution < -0.4 is 10.6 Å². The topological polar surface area (TPSA) is 58.2 Å². The fourth-order valence-electron chi connectivity index (χ4n) is 2.32. The van der Waals surface area contributed by atoms with E-state index in [2.05, 4.69) is 17.6 Å². The number of hydrogen-bond donors (Lipinski definition) is 2. The Labute approximate surface area is 133 Å². The molecule has 122 valence electrons. The van der Waals surface area contributed by atoms with Crippen LogP contribution in [0.1, 0.15) is 56.6 Å². The summed E-state index contributed by atoms with van der Waals surface area (Å²) in [6.45, 7) is 6.66. The van der Waals surface area contributed by atoms with Crippen LogP contribution >= 0.6 is 0 Å². The number of unbranched alkanes of at least 4 members (excludes halogenated alkanes) is 5. The molecule has 0 spiro atoms. The molecule has 4 heteroatoms. The second-order valence-electron chi connectivity index (χ2n) is 5.80. The summed E-state index contributed by atoms with van der Waals surface area (Å²) in [5, 5.41) is 5.33. The van der Waals surface area contributed by atoms with Gasteiger partial charge in [0, 0.05) is 12.2 Å². The van der Waals surface area contributed by atoms with Gasteiger partial charge in [0.05, 0.1) is 0 Å². The van der Waals surface area contributed by atoms with Crippen molar-refractivity contribution < 1.29 is 9.59 Å². The maximum absolute atomic E-state index is 11.8. The van der Waals surface area contributed by atoms with Gasteiger partial charge in [-0.05, 0) is 31.9 Å². The zero-order valence-electron chi connectivity index (χ0n) is 14.0. The van der Waals surface area contributed by atoms with E-state index < -0.39 is 11.8 Å². The lowest BCUT2D eigenvalue weighted by Crippen LogP contribution is -2.36. The van der Waals surface area contributed by atoms with Crippen molar-refractivity contribution in [2.45, 2.75) is 59.3 Å². The van der Waals surface area contributed by atoms with Gasteiger partial charge in [-0.25, -0.2) is 0 Å². The molecule has 0 aromatic heterocycles. The molecule has 0 aliphatic heterocycles. The van der Waals surface area contributed by atoms with E-state index in [0.29, 0.717) is 12.2 Å². The number of benzene rings is 1. The van der Waals surface area contributed by atoms with Crippen molar-refractivity contribution in [3.05, 3.63) is 29.3 Å². The van der Waals surface area contributed by atoms with Crippen LogP contribution in [0.3, 0.4) is 0 Å². The predicted molar refractivity (Wildman–Crippen MR) is 90.9 cm³/mol. The van der Waals surface area contributed by atoms with Crippen molar-refractivity contribution in [1.29, 1.82) is 0 Å². The minimum atomic E-state index is -0.599. The molecule has 0 heterocycles. The Bertz CT molecular complexity index is 498. The van der Waals surface area contributed by atoms with E-state index in [1.54, 1.807) is 0 Å². The Morgan fingerprint density at radius 2 is 1.64 bits per heavy atom. The molecule has 0 aliphatic carbocycles. The van der Waals surface area contributed by atoms with Gasteiger partial charge in [-0.15, -0.1) is 0 Å². The third kappa shape index (κ3) is 6.74. The molecule has 4 nitrogen and oxygen atoms in total. The van der Waals surface area contributed by atoms with Crippen LogP contribution in [0.2, 0.25) is 0 Å². The molecule has 0 bridgehead atoms. The summed E-state index contributed by atoms with van der Waals surface area (Å²) in [6.07, 6.45) is 6.96. The maximum atomic E-state index is 11.8. The second-order valence-corrected chi connectivity index (χ2v) is 5.80. The average Bonchev–Trinajstić information content (AvgIpc) is 2.48. The molecule has 0 aliphatic rings. The first-order valence-electron chi connectivity index (χ1n) is 8.21. The molecular weight excluding hydrogens is 276 g/mol. The van der Waals surface area contributed by atoms with Crippen molar-refractivity contribution >= 4 is 17.5 Å². The third-order valence-electron chi connectivity index (χ3n) is 3.65. The van der Waals surface area contributed by atoms with E-state index in [4.69, 9.17) is 0 Å². The standard InChI is InChI=1S/C18H28N2O2/c1-4-5-6-7-8-9-12-19-17(21)18(22)20-16-11-10-14(2)13-15(16)3/h10-11,13H,4-9,12H2,1-3H3,(H,19,21)(H,20,22). The number of amides is 2. The fourth-order valence-corrected chi connectivity index (χ4v) is 2.32. The number of carbonyl (C=O) groups is 2. The van der Waals surface area contributed by atoms with Gasteiger partial charge in [-0.2, -0.15) is 0 Å². The SMILES string of the molecule is CCCCCCCCNC(=O)C(=O)Nc1ccc(C)cc1C. The van der Waals surface area contributed by atoms with Crippen LogP contribution in [-0.4, -0.2) is 18.4 Å². The number of nitrogens with one attached hydrogen (secondary N) is 2. The van der Waals surface area contributed by atoms with Gasteiger partial charge in [0.1, 0.15) is 0 Å². The fraction of sp³-hybridized carbons (Fsp3) is 0.556. The Balaban J connectivity index is 2.26. The Morgan fingerprint density at radius 3 is 2.32 bits per heavy atom. The van der Waals surface area contributed by atoms with E-state index in [0.717, 1.165) is 24.0 Å². The summed E-state index contributed by atoms with van der Waals surface area (Å²) in [7, 11) is 0. The molecule has 0 atom stereocenters. The monoisotopic (exact) mass is 304 g/mol. The molecule has 1 aromatic rings. The molecule has 1 aromatic carbocycles. The van der Waals surface area contributed by atoms with Crippen LogP contribution in [0.5, 0.6) is 0 Å². The van der Waals surface area contributed by atoms with Crippen molar-refractivity contribution in [1.82, 2.24) is 5.32 Å². The quantitative estimate of drug-likeness (QED) is 0.568. The average molecular weight is 304 g/mol. The highest BCUT2D eigenvalue weighted by molar-refractivity contribution is 6.39. The first-order chi connectivity index (χ1) is 10.5. The number of carbonyl (C=O) groups excluding carboxylic acids is 2. The highest BCUT2D eigenvalue weighted by atomic mass is 16.2. The second kappa shape index (κ2) is 9.98. The normalized spacial score (nSPS) is 10.3. The summed E-state index contributed by atoms with van der Waals surface area (Å²) in [5.74, 6) is -1.16. The largest absolute Gasteiger partial charge is 0.348 e. The zero-order valence-corrected chi connectivity index (χ0v) is 14.0. The summed E-state index contributed by atoms with van der Waals surface area (Å²) < 4.78 is 0. The van der Waals surface area contributed by atoms with Crippen LogP contribution in [-0.2, 0) is 9.59 Å². The molecule has 0 saturated carbocycles. The van der Waals surface area contributed by atoms with Crippen molar-refractivity contribution in [2.75, 3.05) is 11.9 Å². The highest BCUT2D eigenvalue weighted by Gasteiger charge is 2.13. The molecule has 22 heavy (non-hydrogen) atoms. The Hall–Kier alpha value is -1.84. The van der Waals surface area contributed by atoms with Gasteiger partial charge in [0.15, 0.2) is 0 Å². The summed E-state index contributed by atoms with van der Waals surface area (Å²) >= 11 is 0. The van der Waals surface area contributed by atoms with E-state index in [1.165, 1.54) is 25.7 Å². The van der Waals surface area contributed by atoms with Crippen LogP contribution in [0.15, 0.2) is 18.2 Å². The van der Waals surface area contributed by atoms with Crippen molar-refractivity contribution in [3.8, 4) is 0 Å². The van der Waals surface area contributed by atoms with Crippen molar-refractivity contribution in [3.63, 3.8) is 0 Å². The smallest absolute Gasteiger partial charge is 0.313 e. The third-order valence-corrected chi connectivity index (χ3v) is 3.65. The lowest BCUT2D eigenvalue weighted by atomic mass is 10.1. The van der Waals surface area contributed by atoms with E-state index in [1.807, 2.05) is 32.0 Å². The first-order valence-corrected chi connectivity index (χ1v) is 8.21. The minimum absolute atomic E-state index is 0.561. The van der Waals surface area contributed by atoms with Gasteiger partial charge >= 0.3 is 11.8 Å². The van der Waals surface area contributed by atoms with Gasteiger partial charge in [0.25, 0.3) is 0 Å². The maximum Gasteiger partial charge on any atom is 0.313 e. The predicted octanol–water partition coefficient (Wildman–Crippen LogP) is 3.72. The van der Waals surface area contributed by atoms with Gasteiger partial charge < -0.3 is 10.6 Å². The molecule has 0 fully saturated rings. The molecule has 0 unspecified atom stereocenters. The van der Waals surface area contributed by atoms with Crippen molar-refractivity contribution in [2.24, 2.45) is 0 Å². The van der Waals surface area contributed by atoms with Gasteiger partial charge in [-0.1, -0.05) is 56.7 Å². The Kier molecular flexibility index (Phi) is 8.26. The van der Waals surface area contributed by atoms with Gasteiger partial charge in [-0.3, -0.25) is 9.59 Å². The summed E-state index contributed by atoms with van der Waals surface area (Å²) in [6, 6.07) is 5.71. The minimum Gasteiger partial charge on any atom is -0.348 e. The van der Waals surface area contributed by atoms with Crippen LogP contribution in [0, 0.1) is 13.8 Å². The van der Waals surface area contributed by atoms with Crippen LogP contribution in [0.4, 0.5) is 5.69 Å². The number of hydrogen-bond acceptors (Lipinski definition) is 2. The number of rotatable bonds is 8. The van der Waals surface area contributed by atoms with E-state index in [9.17, 15) is 9.59 Å². The molecule has 2 amide bonds. The number of aryl methyl sites for hydroxylation is 2. The molecule has 0 saturated heterocycles. The summed E-state index contributed by atoms with van der Waals surface area (Å²) in [4.78, 5) is 23.6.